The first kappa shape index (κ1) is 12.2. The molecule has 2 atom stereocenters. The SMILES string of the molecule is CC1=CC(C)CC(CNc2ccc(C)cc2)C1. The van der Waals surface area contributed by atoms with Crippen LogP contribution in [-0.4, -0.2) is 6.54 Å². The van der Waals surface area contributed by atoms with E-state index in [1.54, 1.807) is 5.57 Å². The average Bonchev–Trinajstić information content (AvgIpc) is 2.27. The van der Waals surface area contributed by atoms with Crippen molar-refractivity contribution in [3.8, 4) is 0 Å². The summed E-state index contributed by atoms with van der Waals surface area (Å²) in [6.07, 6.45) is 4.99. The van der Waals surface area contributed by atoms with Crippen molar-refractivity contribution >= 4 is 5.69 Å². The molecule has 2 rings (SSSR count). The highest BCUT2D eigenvalue weighted by Crippen LogP contribution is 2.28. The van der Waals surface area contributed by atoms with Gasteiger partial charge in [0.15, 0.2) is 0 Å². The molecule has 1 aromatic rings. The number of aryl methyl sites for hydroxylation is 1. The smallest absolute Gasteiger partial charge is 0.0340 e. The Labute approximate surface area is 105 Å². The maximum atomic E-state index is 3.56. The largest absolute Gasteiger partial charge is 0.385 e. The Morgan fingerprint density at radius 3 is 2.53 bits per heavy atom. The third kappa shape index (κ3) is 3.62. The van der Waals surface area contributed by atoms with Gasteiger partial charge in [-0.2, -0.15) is 0 Å². The number of allylic oxidation sites excluding steroid dienone is 2. The van der Waals surface area contributed by atoms with Crippen molar-refractivity contribution in [2.75, 3.05) is 11.9 Å². The van der Waals surface area contributed by atoms with E-state index < -0.39 is 0 Å². The molecule has 0 spiro atoms. The van der Waals surface area contributed by atoms with E-state index in [0.717, 1.165) is 18.4 Å². The van der Waals surface area contributed by atoms with Crippen molar-refractivity contribution in [2.45, 2.75) is 33.6 Å². The van der Waals surface area contributed by atoms with Crippen LogP contribution in [0.25, 0.3) is 0 Å². The molecule has 1 N–H and O–H groups in total. The van der Waals surface area contributed by atoms with Gasteiger partial charge in [0.2, 0.25) is 0 Å². The summed E-state index contributed by atoms with van der Waals surface area (Å²) in [5.74, 6) is 1.53. The predicted octanol–water partition coefficient (Wildman–Crippen LogP) is 4.40. The quantitative estimate of drug-likeness (QED) is 0.757. The standard InChI is InChI=1S/C16H23N/c1-12-4-6-16(7-5-12)17-11-15-9-13(2)8-14(3)10-15/h4-8,13,15,17H,9-11H2,1-3H3. The van der Waals surface area contributed by atoms with Crippen LogP contribution in [0.15, 0.2) is 35.9 Å². The van der Waals surface area contributed by atoms with Crippen LogP contribution in [0.3, 0.4) is 0 Å². The molecule has 0 saturated carbocycles. The number of benzene rings is 1. The lowest BCUT2D eigenvalue weighted by molar-refractivity contribution is 0.421. The van der Waals surface area contributed by atoms with Gasteiger partial charge in [-0.3, -0.25) is 0 Å². The van der Waals surface area contributed by atoms with Crippen LogP contribution in [0.4, 0.5) is 5.69 Å². The van der Waals surface area contributed by atoms with Gasteiger partial charge in [0.25, 0.3) is 0 Å². The molecule has 1 aliphatic rings. The summed E-state index contributed by atoms with van der Waals surface area (Å²) in [6, 6.07) is 8.67. The third-order valence-electron chi connectivity index (χ3n) is 3.53. The zero-order chi connectivity index (χ0) is 12.3. The van der Waals surface area contributed by atoms with Crippen LogP contribution >= 0.6 is 0 Å². The lowest BCUT2D eigenvalue weighted by Crippen LogP contribution is -2.20. The van der Waals surface area contributed by atoms with E-state index >= 15 is 0 Å². The molecule has 0 saturated heterocycles. The highest BCUT2D eigenvalue weighted by molar-refractivity contribution is 5.44. The summed E-state index contributed by atoms with van der Waals surface area (Å²) in [6.45, 7) is 7.80. The van der Waals surface area contributed by atoms with Gasteiger partial charge in [0, 0.05) is 12.2 Å². The Morgan fingerprint density at radius 1 is 1.18 bits per heavy atom. The van der Waals surface area contributed by atoms with Crippen molar-refractivity contribution in [2.24, 2.45) is 11.8 Å². The first-order chi connectivity index (χ1) is 8.13. The van der Waals surface area contributed by atoms with E-state index in [2.05, 4.69) is 56.4 Å². The van der Waals surface area contributed by atoms with Crippen molar-refractivity contribution in [1.29, 1.82) is 0 Å². The molecule has 0 amide bonds. The van der Waals surface area contributed by atoms with Gasteiger partial charge in [-0.15, -0.1) is 0 Å². The molecule has 2 unspecified atom stereocenters. The van der Waals surface area contributed by atoms with Gasteiger partial charge in [0.1, 0.15) is 0 Å². The van der Waals surface area contributed by atoms with E-state index in [1.165, 1.54) is 24.1 Å². The monoisotopic (exact) mass is 229 g/mol. The van der Waals surface area contributed by atoms with Gasteiger partial charge in [-0.05, 0) is 50.7 Å². The summed E-state index contributed by atoms with van der Waals surface area (Å²) in [5, 5.41) is 3.56. The van der Waals surface area contributed by atoms with E-state index in [4.69, 9.17) is 0 Å². The Hall–Kier alpha value is -1.24. The van der Waals surface area contributed by atoms with Gasteiger partial charge in [0.05, 0.1) is 0 Å². The Morgan fingerprint density at radius 2 is 1.88 bits per heavy atom. The van der Waals surface area contributed by atoms with Crippen LogP contribution in [0, 0.1) is 18.8 Å². The fourth-order valence-electron chi connectivity index (χ4n) is 2.78. The molecule has 17 heavy (non-hydrogen) atoms. The molecular weight excluding hydrogens is 206 g/mol. The molecule has 0 heterocycles. The minimum absolute atomic E-state index is 0.744. The molecule has 92 valence electrons. The fraction of sp³-hybridized carbons (Fsp3) is 0.500. The fourth-order valence-corrected chi connectivity index (χ4v) is 2.78. The van der Waals surface area contributed by atoms with Crippen LogP contribution in [0.1, 0.15) is 32.3 Å². The van der Waals surface area contributed by atoms with Crippen molar-refractivity contribution < 1.29 is 0 Å². The zero-order valence-electron chi connectivity index (χ0n) is 11.2. The lowest BCUT2D eigenvalue weighted by Gasteiger charge is -2.26. The van der Waals surface area contributed by atoms with Gasteiger partial charge in [-0.1, -0.05) is 36.3 Å². The number of anilines is 1. The Kier molecular flexibility index (Phi) is 3.88. The van der Waals surface area contributed by atoms with E-state index in [-0.39, 0.29) is 0 Å². The second kappa shape index (κ2) is 5.39. The average molecular weight is 229 g/mol. The van der Waals surface area contributed by atoms with Gasteiger partial charge >= 0.3 is 0 Å². The Bertz CT molecular complexity index is 388. The molecule has 0 aliphatic heterocycles. The predicted molar refractivity (Wildman–Crippen MR) is 75.3 cm³/mol. The minimum Gasteiger partial charge on any atom is -0.385 e. The molecule has 0 fully saturated rings. The molecule has 1 heteroatoms. The van der Waals surface area contributed by atoms with Crippen LogP contribution in [-0.2, 0) is 0 Å². The molecule has 1 aromatic carbocycles. The molecule has 0 aromatic heterocycles. The molecular formula is C16H23N. The minimum atomic E-state index is 0.744. The topological polar surface area (TPSA) is 12.0 Å². The van der Waals surface area contributed by atoms with Gasteiger partial charge < -0.3 is 5.32 Å². The summed E-state index contributed by atoms with van der Waals surface area (Å²) in [7, 11) is 0. The number of rotatable bonds is 3. The molecule has 0 radical (unpaired) electrons. The maximum Gasteiger partial charge on any atom is 0.0340 e. The second-order valence-corrected chi connectivity index (χ2v) is 5.54. The number of hydrogen-bond donors (Lipinski definition) is 1. The Balaban J connectivity index is 1.86. The first-order valence-corrected chi connectivity index (χ1v) is 6.61. The van der Waals surface area contributed by atoms with Crippen molar-refractivity contribution in [3.05, 3.63) is 41.5 Å². The number of hydrogen-bond acceptors (Lipinski definition) is 1. The van der Waals surface area contributed by atoms with Crippen LogP contribution < -0.4 is 5.32 Å². The third-order valence-corrected chi connectivity index (χ3v) is 3.53. The summed E-state index contributed by atoms with van der Waals surface area (Å²) in [5.41, 5.74) is 4.12. The van der Waals surface area contributed by atoms with Crippen LogP contribution in [0.5, 0.6) is 0 Å². The van der Waals surface area contributed by atoms with E-state index in [1.807, 2.05) is 0 Å². The van der Waals surface area contributed by atoms with Crippen molar-refractivity contribution in [3.63, 3.8) is 0 Å². The summed E-state index contributed by atoms with van der Waals surface area (Å²) >= 11 is 0. The summed E-state index contributed by atoms with van der Waals surface area (Å²) < 4.78 is 0. The number of nitrogens with one attached hydrogen (secondary N) is 1. The van der Waals surface area contributed by atoms with E-state index in [0.29, 0.717) is 0 Å². The molecule has 1 aliphatic carbocycles. The molecule has 0 bridgehead atoms. The first-order valence-electron chi connectivity index (χ1n) is 6.61. The highest BCUT2D eigenvalue weighted by atomic mass is 14.9. The van der Waals surface area contributed by atoms with E-state index in [9.17, 15) is 0 Å². The second-order valence-electron chi connectivity index (χ2n) is 5.54. The van der Waals surface area contributed by atoms with Gasteiger partial charge in [-0.25, -0.2) is 0 Å². The zero-order valence-corrected chi connectivity index (χ0v) is 11.2. The highest BCUT2D eigenvalue weighted by Gasteiger charge is 2.17. The van der Waals surface area contributed by atoms with Crippen molar-refractivity contribution in [1.82, 2.24) is 0 Å². The maximum absolute atomic E-state index is 3.56. The normalized spacial score (nSPS) is 24.3. The molecule has 1 nitrogen and oxygen atoms in total. The van der Waals surface area contributed by atoms with Crippen LogP contribution in [0.2, 0.25) is 0 Å². The lowest BCUT2D eigenvalue weighted by atomic mass is 9.84. The summed E-state index contributed by atoms with van der Waals surface area (Å²) in [4.78, 5) is 0.